The van der Waals surface area contributed by atoms with Gasteiger partial charge in [-0.1, -0.05) is 0 Å². The number of non-ortho nitro benzene ring substituents is 1. The van der Waals surface area contributed by atoms with Crippen molar-refractivity contribution in [3.8, 4) is 5.75 Å². The second-order valence-electron chi connectivity index (χ2n) is 5.11. The second-order valence-corrected chi connectivity index (χ2v) is 5.11. The highest BCUT2D eigenvalue weighted by Gasteiger charge is 2.12. The number of nitro benzene ring substituents is 1. The Morgan fingerprint density at radius 3 is 2.38 bits per heavy atom. The maximum Gasteiger partial charge on any atom is 0.269 e. The largest absolute Gasteiger partial charge is 0.496 e. The number of carbonyl (C=O) groups excluding carboxylic acids is 2. The van der Waals surface area contributed by atoms with Crippen LogP contribution >= 0.6 is 0 Å². The Morgan fingerprint density at radius 2 is 1.83 bits per heavy atom. The summed E-state index contributed by atoms with van der Waals surface area (Å²) in [5.74, 6) is 0.0939. The first kappa shape index (κ1) is 17.1. The minimum atomic E-state index is -0.510. The standard InChI is InChI=1S/C17H16N2O5/c1-11(20)12-3-8-16(24-2)13(9-12)10-17(21)18-14-4-6-15(7-5-14)19(22)23/h3-9H,10H2,1-2H3,(H,18,21). The molecule has 2 aromatic rings. The fourth-order valence-electron chi connectivity index (χ4n) is 2.18. The number of rotatable bonds is 6. The first-order valence-electron chi connectivity index (χ1n) is 7.13. The van der Waals surface area contributed by atoms with Gasteiger partial charge in [-0.3, -0.25) is 19.7 Å². The highest BCUT2D eigenvalue weighted by atomic mass is 16.6. The van der Waals surface area contributed by atoms with E-state index in [-0.39, 0.29) is 23.8 Å². The minimum Gasteiger partial charge on any atom is -0.496 e. The molecular weight excluding hydrogens is 312 g/mol. The third-order valence-corrected chi connectivity index (χ3v) is 3.40. The number of hydrogen-bond acceptors (Lipinski definition) is 5. The van der Waals surface area contributed by atoms with Crippen molar-refractivity contribution >= 4 is 23.1 Å². The quantitative estimate of drug-likeness (QED) is 0.499. The molecule has 0 aliphatic carbocycles. The summed E-state index contributed by atoms with van der Waals surface area (Å²) in [6.45, 7) is 1.45. The van der Waals surface area contributed by atoms with Crippen LogP contribution in [0.4, 0.5) is 11.4 Å². The van der Waals surface area contributed by atoms with Crippen LogP contribution in [0.3, 0.4) is 0 Å². The Balaban J connectivity index is 2.12. The molecule has 0 saturated heterocycles. The predicted molar refractivity (Wildman–Crippen MR) is 88.4 cm³/mol. The summed E-state index contributed by atoms with van der Waals surface area (Å²) in [4.78, 5) is 33.7. The molecule has 0 unspecified atom stereocenters. The number of carbonyl (C=O) groups is 2. The molecule has 24 heavy (non-hydrogen) atoms. The highest BCUT2D eigenvalue weighted by molar-refractivity contribution is 5.96. The Hall–Kier alpha value is -3.22. The number of anilines is 1. The maximum atomic E-state index is 12.2. The number of nitrogens with one attached hydrogen (secondary N) is 1. The second kappa shape index (κ2) is 7.36. The third kappa shape index (κ3) is 4.16. The van der Waals surface area contributed by atoms with Gasteiger partial charge in [0.05, 0.1) is 18.5 Å². The fraction of sp³-hybridized carbons (Fsp3) is 0.176. The van der Waals surface area contributed by atoms with E-state index in [4.69, 9.17) is 4.74 Å². The molecular formula is C17H16N2O5. The van der Waals surface area contributed by atoms with E-state index in [2.05, 4.69) is 5.32 Å². The number of nitro groups is 1. The van der Waals surface area contributed by atoms with E-state index in [0.29, 0.717) is 22.6 Å². The average Bonchev–Trinajstić information content (AvgIpc) is 2.55. The first-order chi connectivity index (χ1) is 11.4. The number of ether oxygens (including phenoxy) is 1. The average molecular weight is 328 g/mol. The molecule has 0 aromatic heterocycles. The van der Waals surface area contributed by atoms with Crippen LogP contribution in [0.2, 0.25) is 0 Å². The molecule has 1 N–H and O–H groups in total. The van der Waals surface area contributed by atoms with Gasteiger partial charge in [-0.05, 0) is 37.3 Å². The van der Waals surface area contributed by atoms with Crippen LogP contribution in [-0.2, 0) is 11.2 Å². The van der Waals surface area contributed by atoms with Crippen molar-refractivity contribution in [1.82, 2.24) is 0 Å². The number of hydrogen-bond donors (Lipinski definition) is 1. The molecule has 0 heterocycles. The summed E-state index contributed by atoms with van der Waals surface area (Å²) in [6, 6.07) is 10.4. The summed E-state index contributed by atoms with van der Waals surface area (Å²) in [5.41, 5.74) is 1.48. The van der Waals surface area contributed by atoms with Crippen molar-refractivity contribution in [2.24, 2.45) is 0 Å². The molecule has 0 aliphatic heterocycles. The molecule has 2 rings (SSSR count). The Kier molecular flexibility index (Phi) is 5.26. The fourth-order valence-corrected chi connectivity index (χ4v) is 2.18. The van der Waals surface area contributed by atoms with Crippen LogP contribution < -0.4 is 10.1 Å². The number of nitrogens with zero attached hydrogens (tertiary/aromatic N) is 1. The zero-order valence-corrected chi connectivity index (χ0v) is 13.2. The maximum absolute atomic E-state index is 12.2. The van der Waals surface area contributed by atoms with Gasteiger partial charge in [0.25, 0.3) is 5.69 Å². The van der Waals surface area contributed by atoms with Crippen molar-refractivity contribution in [1.29, 1.82) is 0 Å². The van der Waals surface area contributed by atoms with Crippen molar-refractivity contribution in [2.75, 3.05) is 12.4 Å². The number of methoxy groups -OCH3 is 1. The third-order valence-electron chi connectivity index (χ3n) is 3.40. The van der Waals surface area contributed by atoms with Crippen LogP contribution in [-0.4, -0.2) is 23.7 Å². The van der Waals surface area contributed by atoms with E-state index < -0.39 is 4.92 Å². The zero-order valence-electron chi connectivity index (χ0n) is 13.2. The van der Waals surface area contributed by atoms with Crippen molar-refractivity contribution < 1.29 is 19.2 Å². The lowest BCUT2D eigenvalue weighted by Crippen LogP contribution is -2.15. The number of Topliss-reactive ketones (excluding diaryl/α,β-unsaturated/α-hetero) is 1. The summed E-state index contributed by atoms with van der Waals surface area (Å²) in [5, 5.41) is 13.3. The summed E-state index contributed by atoms with van der Waals surface area (Å²) < 4.78 is 5.21. The molecule has 0 saturated carbocycles. The van der Waals surface area contributed by atoms with Gasteiger partial charge >= 0.3 is 0 Å². The minimum absolute atomic E-state index is 0.0152. The van der Waals surface area contributed by atoms with Gasteiger partial charge in [-0.15, -0.1) is 0 Å². The molecule has 2 aromatic carbocycles. The van der Waals surface area contributed by atoms with Gasteiger partial charge in [0, 0.05) is 28.9 Å². The van der Waals surface area contributed by atoms with Crippen LogP contribution in [0.5, 0.6) is 5.75 Å². The van der Waals surface area contributed by atoms with E-state index in [9.17, 15) is 19.7 Å². The van der Waals surface area contributed by atoms with Crippen molar-refractivity contribution in [3.63, 3.8) is 0 Å². The Labute approximate surface area is 138 Å². The SMILES string of the molecule is COc1ccc(C(C)=O)cc1CC(=O)Nc1ccc([N+](=O)[O-])cc1. The van der Waals surface area contributed by atoms with Gasteiger partial charge in [-0.25, -0.2) is 0 Å². The monoisotopic (exact) mass is 328 g/mol. The van der Waals surface area contributed by atoms with E-state index in [0.717, 1.165) is 0 Å². The molecule has 7 heteroatoms. The van der Waals surface area contributed by atoms with Gasteiger partial charge in [-0.2, -0.15) is 0 Å². The smallest absolute Gasteiger partial charge is 0.269 e. The molecule has 0 atom stereocenters. The molecule has 124 valence electrons. The van der Waals surface area contributed by atoms with E-state index >= 15 is 0 Å². The molecule has 0 aliphatic rings. The first-order valence-corrected chi connectivity index (χ1v) is 7.13. The normalized spacial score (nSPS) is 10.1. The van der Waals surface area contributed by atoms with E-state index in [1.165, 1.54) is 38.3 Å². The lowest BCUT2D eigenvalue weighted by Gasteiger charge is -2.10. The number of ketones is 1. The van der Waals surface area contributed by atoms with Gasteiger partial charge in [0.15, 0.2) is 5.78 Å². The Bertz CT molecular complexity index is 784. The lowest BCUT2D eigenvalue weighted by molar-refractivity contribution is -0.384. The Morgan fingerprint density at radius 1 is 1.17 bits per heavy atom. The van der Waals surface area contributed by atoms with Crippen molar-refractivity contribution in [2.45, 2.75) is 13.3 Å². The van der Waals surface area contributed by atoms with E-state index in [1.807, 2.05) is 0 Å². The zero-order chi connectivity index (χ0) is 17.7. The topological polar surface area (TPSA) is 98.5 Å². The van der Waals surface area contributed by atoms with Crippen LogP contribution in [0.15, 0.2) is 42.5 Å². The summed E-state index contributed by atoms with van der Waals surface area (Å²) in [6.07, 6.45) is 0.0152. The molecule has 0 fully saturated rings. The highest BCUT2D eigenvalue weighted by Crippen LogP contribution is 2.22. The molecule has 0 bridgehead atoms. The van der Waals surface area contributed by atoms with Crippen molar-refractivity contribution in [3.05, 3.63) is 63.7 Å². The van der Waals surface area contributed by atoms with Crippen LogP contribution in [0.1, 0.15) is 22.8 Å². The van der Waals surface area contributed by atoms with Gasteiger partial charge in [0.2, 0.25) is 5.91 Å². The van der Waals surface area contributed by atoms with Gasteiger partial charge in [0.1, 0.15) is 5.75 Å². The molecule has 7 nitrogen and oxygen atoms in total. The summed E-state index contributed by atoms with van der Waals surface area (Å²) >= 11 is 0. The molecule has 0 spiro atoms. The predicted octanol–water partition coefficient (Wildman–Crippen LogP) is 2.99. The lowest BCUT2D eigenvalue weighted by atomic mass is 10.0. The summed E-state index contributed by atoms with van der Waals surface area (Å²) in [7, 11) is 1.49. The molecule has 1 amide bonds. The van der Waals surface area contributed by atoms with Gasteiger partial charge < -0.3 is 10.1 Å². The molecule has 0 radical (unpaired) electrons. The number of benzene rings is 2. The van der Waals surface area contributed by atoms with Crippen LogP contribution in [0.25, 0.3) is 0 Å². The number of amides is 1. The van der Waals surface area contributed by atoms with Crippen LogP contribution in [0, 0.1) is 10.1 Å². The van der Waals surface area contributed by atoms with E-state index in [1.54, 1.807) is 18.2 Å².